The number of quaternary nitrogens is 1. The van der Waals surface area contributed by atoms with E-state index in [4.69, 9.17) is 0 Å². The van der Waals surface area contributed by atoms with Gasteiger partial charge in [-0.1, -0.05) is 78.4 Å². The summed E-state index contributed by atoms with van der Waals surface area (Å²) in [6, 6.07) is 26.6. The molecule has 0 aliphatic carbocycles. The van der Waals surface area contributed by atoms with Crippen LogP contribution in [0.25, 0.3) is 0 Å². The van der Waals surface area contributed by atoms with Gasteiger partial charge in [0.2, 0.25) is 0 Å². The summed E-state index contributed by atoms with van der Waals surface area (Å²) in [6.07, 6.45) is 0. The predicted molar refractivity (Wildman–Crippen MR) is 111 cm³/mol. The van der Waals surface area contributed by atoms with Crippen molar-refractivity contribution in [2.45, 2.75) is 32.9 Å². The second kappa shape index (κ2) is 8.65. The minimum absolute atomic E-state index is 0.0128. The van der Waals surface area contributed by atoms with E-state index in [9.17, 15) is 4.79 Å². The lowest BCUT2D eigenvalue weighted by atomic mass is 9.98. The molecule has 0 heterocycles. The Morgan fingerprint density at radius 1 is 0.852 bits per heavy atom. The zero-order valence-electron chi connectivity index (χ0n) is 16.1. The van der Waals surface area contributed by atoms with Crippen molar-refractivity contribution in [3.63, 3.8) is 0 Å². The van der Waals surface area contributed by atoms with Crippen molar-refractivity contribution in [2.24, 2.45) is 0 Å². The average Bonchev–Trinajstić information content (AvgIpc) is 2.69. The van der Waals surface area contributed by atoms with Crippen LogP contribution in [0.3, 0.4) is 0 Å². The number of hydrogen-bond acceptors (Lipinski definition) is 1. The number of nitrogens with one attached hydrogen (secondary N) is 1. The molecule has 138 valence electrons. The van der Waals surface area contributed by atoms with E-state index in [1.807, 2.05) is 62.4 Å². The molecule has 3 heteroatoms. The number of rotatable bonds is 6. The fraction of sp³-hybridized carbons (Fsp3) is 0.208. The number of amides is 1. The molecule has 0 radical (unpaired) electrons. The van der Waals surface area contributed by atoms with Crippen LogP contribution in [0.5, 0.6) is 0 Å². The first-order valence-electron chi connectivity index (χ1n) is 9.37. The van der Waals surface area contributed by atoms with Crippen LogP contribution in [0.4, 0.5) is 5.69 Å². The van der Waals surface area contributed by atoms with Gasteiger partial charge in [0.05, 0.1) is 0 Å². The van der Waals surface area contributed by atoms with Crippen LogP contribution in [-0.4, -0.2) is 11.9 Å². The molecule has 1 atom stereocenters. The van der Waals surface area contributed by atoms with E-state index in [-0.39, 0.29) is 18.0 Å². The van der Waals surface area contributed by atoms with Gasteiger partial charge >= 0.3 is 0 Å². The molecule has 0 spiro atoms. The van der Waals surface area contributed by atoms with Crippen molar-refractivity contribution in [1.82, 2.24) is 0 Å². The van der Waals surface area contributed by atoms with Crippen molar-refractivity contribution in [3.05, 3.63) is 101 Å². The van der Waals surface area contributed by atoms with E-state index in [1.165, 1.54) is 16.7 Å². The standard InChI is InChI=1S/C24H26N2O/c1-17-14-15-22(18(2)16-17)26-24(27)19(3)25-23(20-10-6-4-7-11-20)21-12-8-5-9-13-21/h4-16,19,23,25H,1-3H3,(H,26,27)/p+1/t19-/m0/s1. The van der Waals surface area contributed by atoms with Crippen LogP contribution in [0.2, 0.25) is 0 Å². The Bertz CT molecular complexity index is 851. The van der Waals surface area contributed by atoms with Gasteiger partial charge in [-0.2, -0.15) is 0 Å². The summed E-state index contributed by atoms with van der Waals surface area (Å²) in [5.74, 6) is 0.0128. The van der Waals surface area contributed by atoms with E-state index in [0.29, 0.717) is 0 Å². The zero-order chi connectivity index (χ0) is 19.2. The molecular formula is C24H27N2O+. The molecule has 0 aliphatic heterocycles. The lowest BCUT2D eigenvalue weighted by Crippen LogP contribution is -2.92. The van der Waals surface area contributed by atoms with E-state index >= 15 is 0 Å². The molecule has 3 aromatic carbocycles. The number of carbonyl (C=O) groups is 1. The SMILES string of the molecule is Cc1ccc(NC(=O)[C@H](C)[NH2+]C(c2ccccc2)c2ccccc2)c(C)c1. The Kier molecular flexibility index (Phi) is 6.05. The van der Waals surface area contributed by atoms with Crippen molar-refractivity contribution in [1.29, 1.82) is 0 Å². The Hall–Kier alpha value is -2.91. The summed E-state index contributed by atoms with van der Waals surface area (Å²) in [5.41, 5.74) is 5.53. The van der Waals surface area contributed by atoms with Crippen molar-refractivity contribution >= 4 is 11.6 Å². The van der Waals surface area contributed by atoms with Crippen LogP contribution in [0.15, 0.2) is 78.9 Å². The monoisotopic (exact) mass is 359 g/mol. The first-order chi connectivity index (χ1) is 13.0. The number of anilines is 1. The van der Waals surface area contributed by atoms with Gasteiger partial charge in [0.15, 0.2) is 6.04 Å². The second-order valence-corrected chi connectivity index (χ2v) is 7.09. The molecule has 3 rings (SSSR count). The summed E-state index contributed by atoms with van der Waals surface area (Å²) in [5, 5.41) is 5.20. The van der Waals surface area contributed by atoms with Crippen LogP contribution in [0, 0.1) is 13.8 Å². The normalized spacial score (nSPS) is 12.0. The third kappa shape index (κ3) is 4.83. The third-order valence-corrected chi connectivity index (χ3v) is 4.85. The van der Waals surface area contributed by atoms with Gasteiger partial charge in [-0.25, -0.2) is 0 Å². The summed E-state index contributed by atoms with van der Waals surface area (Å²) in [7, 11) is 0. The smallest absolute Gasteiger partial charge is 0.282 e. The first-order valence-corrected chi connectivity index (χ1v) is 9.37. The average molecular weight is 359 g/mol. The molecule has 27 heavy (non-hydrogen) atoms. The molecule has 0 aliphatic rings. The molecular weight excluding hydrogens is 332 g/mol. The Balaban J connectivity index is 1.78. The second-order valence-electron chi connectivity index (χ2n) is 7.09. The molecule has 0 unspecified atom stereocenters. The number of benzene rings is 3. The maximum Gasteiger partial charge on any atom is 0.282 e. The molecule has 1 amide bonds. The van der Waals surface area contributed by atoms with Gasteiger partial charge in [0.25, 0.3) is 5.91 Å². The van der Waals surface area contributed by atoms with Gasteiger partial charge in [-0.3, -0.25) is 4.79 Å². The highest BCUT2D eigenvalue weighted by atomic mass is 16.2. The van der Waals surface area contributed by atoms with Crippen LogP contribution >= 0.6 is 0 Å². The fourth-order valence-corrected chi connectivity index (χ4v) is 3.31. The highest BCUT2D eigenvalue weighted by molar-refractivity contribution is 5.94. The quantitative estimate of drug-likeness (QED) is 0.687. The van der Waals surface area contributed by atoms with Crippen molar-refractivity contribution in [2.75, 3.05) is 5.32 Å². The Morgan fingerprint density at radius 3 is 1.93 bits per heavy atom. The van der Waals surface area contributed by atoms with E-state index in [2.05, 4.69) is 47.9 Å². The molecule has 0 saturated carbocycles. The molecule has 0 saturated heterocycles. The summed E-state index contributed by atoms with van der Waals surface area (Å²) in [6.45, 7) is 6.03. The third-order valence-electron chi connectivity index (χ3n) is 4.85. The van der Waals surface area contributed by atoms with Gasteiger partial charge in [0, 0.05) is 16.8 Å². The van der Waals surface area contributed by atoms with Crippen molar-refractivity contribution in [3.8, 4) is 0 Å². The van der Waals surface area contributed by atoms with Crippen LogP contribution in [-0.2, 0) is 4.79 Å². The van der Waals surface area contributed by atoms with Gasteiger partial charge < -0.3 is 10.6 Å². The molecule has 3 N–H and O–H groups in total. The lowest BCUT2D eigenvalue weighted by molar-refractivity contribution is -0.704. The number of nitrogens with two attached hydrogens (primary N) is 1. The first kappa shape index (κ1) is 18.9. The highest BCUT2D eigenvalue weighted by Crippen LogP contribution is 2.19. The van der Waals surface area contributed by atoms with Gasteiger partial charge in [-0.05, 0) is 32.4 Å². The largest absolute Gasteiger partial charge is 0.326 e. The molecule has 3 aromatic rings. The summed E-state index contributed by atoms with van der Waals surface area (Å²) >= 11 is 0. The van der Waals surface area contributed by atoms with Crippen LogP contribution in [0.1, 0.15) is 35.2 Å². The number of hydrogen-bond donors (Lipinski definition) is 2. The minimum Gasteiger partial charge on any atom is -0.326 e. The molecule has 0 fully saturated rings. The molecule has 3 nitrogen and oxygen atoms in total. The van der Waals surface area contributed by atoms with Gasteiger partial charge in [0.1, 0.15) is 6.04 Å². The molecule has 0 aromatic heterocycles. The maximum atomic E-state index is 12.8. The highest BCUT2D eigenvalue weighted by Gasteiger charge is 2.25. The minimum atomic E-state index is -0.226. The number of carbonyl (C=O) groups excluding carboxylic acids is 1. The zero-order valence-corrected chi connectivity index (χ0v) is 16.1. The van der Waals surface area contributed by atoms with Crippen molar-refractivity contribution < 1.29 is 10.1 Å². The van der Waals surface area contributed by atoms with E-state index in [1.54, 1.807) is 0 Å². The summed E-state index contributed by atoms with van der Waals surface area (Å²) < 4.78 is 0. The fourth-order valence-electron chi connectivity index (χ4n) is 3.31. The Morgan fingerprint density at radius 2 is 1.41 bits per heavy atom. The topological polar surface area (TPSA) is 45.7 Å². The van der Waals surface area contributed by atoms with E-state index in [0.717, 1.165) is 11.3 Å². The van der Waals surface area contributed by atoms with Crippen LogP contribution < -0.4 is 10.6 Å². The Labute approximate surface area is 161 Å². The summed E-state index contributed by atoms with van der Waals surface area (Å²) in [4.78, 5) is 12.8. The predicted octanol–water partition coefficient (Wildman–Crippen LogP) is 3.98. The van der Waals surface area contributed by atoms with E-state index < -0.39 is 0 Å². The number of aryl methyl sites for hydroxylation is 2. The van der Waals surface area contributed by atoms with Gasteiger partial charge in [-0.15, -0.1) is 0 Å². The molecule has 0 bridgehead atoms. The lowest BCUT2D eigenvalue weighted by Gasteiger charge is -2.21. The maximum absolute atomic E-state index is 12.8.